The first-order valence-corrected chi connectivity index (χ1v) is 4.46. The molecule has 12 heavy (non-hydrogen) atoms. The Kier molecular flexibility index (Phi) is 2.18. The van der Waals surface area contributed by atoms with Crippen LogP contribution in [0.15, 0.2) is 0 Å². The van der Waals surface area contributed by atoms with Crippen LogP contribution in [-0.2, 0) is 0 Å². The van der Waals surface area contributed by atoms with E-state index in [1.807, 2.05) is 6.92 Å². The van der Waals surface area contributed by atoms with Gasteiger partial charge in [-0.2, -0.15) is 5.26 Å². The summed E-state index contributed by atoms with van der Waals surface area (Å²) in [4.78, 5) is 0. The van der Waals surface area contributed by atoms with Crippen molar-refractivity contribution in [1.29, 1.82) is 5.26 Å². The fourth-order valence-electron chi connectivity index (χ4n) is 2.52. The first-order valence-electron chi connectivity index (χ1n) is 4.46. The molecule has 1 fully saturated rings. The highest BCUT2D eigenvalue weighted by Gasteiger charge is 2.40. The van der Waals surface area contributed by atoms with Gasteiger partial charge in [0.25, 0.3) is 0 Å². The summed E-state index contributed by atoms with van der Waals surface area (Å²) in [7, 11) is 0. The van der Waals surface area contributed by atoms with Crippen molar-refractivity contribution >= 4 is 0 Å². The molecule has 2 atom stereocenters. The van der Waals surface area contributed by atoms with Gasteiger partial charge in [-0.15, -0.1) is 5.73 Å². The summed E-state index contributed by atoms with van der Waals surface area (Å²) in [5.41, 5.74) is 9.36. The lowest BCUT2D eigenvalue weighted by Crippen LogP contribution is -2.38. The minimum Gasteiger partial charge on any atom is -0.198 e. The molecule has 0 N–H and O–H groups in total. The molecule has 1 rings (SSSR count). The second-order valence-electron chi connectivity index (χ2n) is 5.08. The topological polar surface area (TPSA) is 46.1 Å². The van der Waals surface area contributed by atoms with Gasteiger partial charge in [0, 0.05) is 6.04 Å². The fraction of sp³-hybridized carbons (Fsp3) is 0.900. The Morgan fingerprint density at radius 3 is 2.25 bits per heavy atom. The molecule has 0 aromatic carbocycles. The van der Waals surface area contributed by atoms with Crippen molar-refractivity contribution in [2.45, 2.75) is 46.1 Å². The third-order valence-electron chi connectivity index (χ3n) is 2.61. The van der Waals surface area contributed by atoms with Crippen molar-refractivity contribution in [3.05, 3.63) is 0 Å². The summed E-state index contributed by atoms with van der Waals surface area (Å²) in [6, 6.07) is 2.01. The predicted octanol–water partition coefficient (Wildman–Crippen LogP) is 2.16. The van der Waals surface area contributed by atoms with Crippen LogP contribution in [0.3, 0.4) is 0 Å². The minimum atomic E-state index is -0.318. The van der Waals surface area contributed by atoms with E-state index < -0.39 is 0 Å². The lowest BCUT2D eigenvalue weighted by molar-refractivity contribution is 0.123. The summed E-state index contributed by atoms with van der Waals surface area (Å²) in [5, 5.41) is 8.94. The Morgan fingerprint density at radius 1 is 1.25 bits per heavy atom. The number of nitrogens with zero attached hydrogens (tertiary/aromatic N) is 2. The van der Waals surface area contributed by atoms with E-state index in [9.17, 15) is 5.73 Å². The summed E-state index contributed by atoms with van der Waals surface area (Å²) >= 11 is 0. The van der Waals surface area contributed by atoms with Crippen molar-refractivity contribution in [2.75, 3.05) is 0 Å². The van der Waals surface area contributed by atoms with Crippen molar-refractivity contribution in [2.24, 2.45) is 10.8 Å². The lowest BCUT2D eigenvalue weighted by atomic mass is 9.63. The molecule has 2 unspecified atom stereocenters. The standard InChI is InChI=1S/C10H16N2/c1-9(2)4-8(12)5-10(3,6-9)7-11/h8H,4-6H2,1-3H3. The van der Waals surface area contributed by atoms with Gasteiger partial charge in [0.1, 0.15) is 0 Å². The molecule has 0 aromatic rings. The Morgan fingerprint density at radius 2 is 1.83 bits per heavy atom. The lowest BCUT2D eigenvalue weighted by Gasteiger charge is -2.40. The molecule has 66 valence electrons. The number of hydrogen-bond donors (Lipinski definition) is 0. The van der Waals surface area contributed by atoms with Crippen LogP contribution in [-0.4, -0.2) is 6.04 Å². The quantitative estimate of drug-likeness (QED) is 0.541. The van der Waals surface area contributed by atoms with Gasteiger partial charge in [0.05, 0.1) is 11.5 Å². The zero-order valence-corrected chi connectivity index (χ0v) is 8.09. The van der Waals surface area contributed by atoms with Gasteiger partial charge < -0.3 is 0 Å². The molecule has 0 spiro atoms. The van der Waals surface area contributed by atoms with Crippen LogP contribution in [0.5, 0.6) is 0 Å². The molecule has 0 amide bonds. The Balaban J connectivity index is 2.78. The molecule has 1 aliphatic rings. The molecular formula is C10H16N2. The van der Waals surface area contributed by atoms with Crippen LogP contribution in [0.1, 0.15) is 40.0 Å². The van der Waals surface area contributed by atoms with E-state index in [1.54, 1.807) is 0 Å². The maximum atomic E-state index is 9.56. The van der Waals surface area contributed by atoms with Crippen LogP contribution in [0.2, 0.25) is 0 Å². The minimum absolute atomic E-state index is 0.113. The van der Waals surface area contributed by atoms with E-state index in [1.165, 1.54) is 0 Å². The third-order valence-corrected chi connectivity index (χ3v) is 2.61. The largest absolute Gasteiger partial charge is 0.198 e. The van der Waals surface area contributed by atoms with Crippen molar-refractivity contribution in [3.8, 4) is 6.07 Å². The predicted molar refractivity (Wildman–Crippen MR) is 47.3 cm³/mol. The molecule has 0 heterocycles. The number of rotatable bonds is 0. The molecule has 2 radical (unpaired) electrons. The van der Waals surface area contributed by atoms with Gasteiger partial charge in [-0.3, -0.25) is 0 Å². The van der Waals surface area contributed by atoms with E-state index in [2.05, 4.69) is 19.9 Å². The van der Waals surface area contributed by atoms with Crippen LogP contribution < -0.4 is 5.73 Å². The molecule has 2 nitrogen and oxygen atoms in total. The highest BCUT2D eigenvalue weighted by molar-refractivity contribution is 5.04. The summed E-state index contributed by atoms with van der Waals surface area (Å²) in [6.07, 6.45) is 2.35. The van der Waals surface area contributed by atoms with E-state index in [-0.39, 0.29) is 16.9 Å². The molecule has 1 saturated carbocycles. The highest BCUT2D eigenvalue weighted by atomic mass is 14.7. The van der Waals surface area contributed by atoms with Gasteiger partial charge >= 0.3 is 0 Å². The van der Waals surface area contributed by atoms with Crippen LogP contribution >= 0.6 is 0 Å². The third kappa shape index (κ3) is 1.98. The maximum absolute atomic E-state index is 9.56. The summed E-state index contributed by atoms with van der Waals surface area (Å²) in [5.74, 6) is 0. The van der Waals surface area contributed by atoms with Gasteiger partial charge in [-0.25, -0.2) is 0 Å². The Labute approximate surface area is 74.8 Å². The summed E-state index contributed by atoms with van der Waals surface area (Å²) in [6.45, 7) is 6.17. The van der Waals surface area contributed by atoms with Gasteiger partial charge in [-0.05, 0) is 31.6 Å². The summed E-state index contributed by atoms with van der Waals surface area (Å²) < 4.78 is 0. The molecule has 0 aliphatic heterocycles. The molecule has 0 aromatic heterocycles. The van der Waals surface area contributed by atoms with Crippen molar-refractivity contribution < 1.29 is 0 Å². The monoisotopic (exact) mass is 164 g/mol. The van der Waals surface area contributed by atoms with Crippen LogP contribution in [0, 0.1) is 22.2 Å². The highest BCUT2D eigenvalue weighted by Crippen LogP contribution is 2.45. The average Bonchev–Trinajstić information content (AvgIpc) is 1.82. The van der Waals surface area contributed by atoms with Gasteiger partial charge in [0.2, 0.25) is 0 Å². The normalized spacial score (nSPS) is 40.4. The van der Waals surface area contributed by atoms with Crippen molar-refractivity contribution in [1.82, 2.24) is 5.73 Å². The van der Waals surface area contributed by atoms with E-state index in [0.717, 1.165) is 12.8 Å². The fourth-order valence-corrected chi connectivity index (χ4v) is 2.52. The first kappa shape index (κ1) is 9.54. The molecule has 0 saturated heterocycles. The SMILES string of the molecule is CC1(C)CC([N])CC(C)(C#N)C1. The average molecular weight is 164 g/mol. The number of hydrogen-bond acceptors (Lipinski definition) is 1. The Bertz CT molecular complexity index is 214. The molecule has 2 heteroatoms. The van der Waals surface area contributed by atoms with E-state index >= 15 is 0 Å². The van der Waals surface area contributed by atoms with Crippen LogP contribution in [0.4, 0.5) is 0 Å². The molecule has 1 aliphatic carbocycles. The zero-order chi connectivity index (χ0) is 9.41. The van der Waals surface area contributed by atoms with E-state index in [4.69, 9.17) is 5.26 Å². The first-order chi connectivity index (χ1) is 5.37. The zero-order valence-electron chi connectivity index (χ0n) is 8.09. The van der Waals surface area contributed by atoms with Crippen molar-refractivity contribution in [3.63, 3.8) is 0 Å². The second kappa shape index (κ2) is 2.74. The second-order valence-corrected chi connectivity index (χ2v) is 5.08. The van der Waals surface area contributed by atoms with Gasteiger partial charge in [-0.1, -0.05) is 13.8 Å². The van der Waals surface area contributed by atoms with E-state index in [0.29, 0.717) is 6.42 Å². The number of nitriles is 1. The smallest absolute Gasteiger partial charge is 0.0687 e. The molecule has 0 bridgehead atoms. The van der Waals surface area contributed by atoms with Gasteiger partial charge in [0.15, 0.2) is 0 Å². The molecular weight excluding hydrogens is 148 g/mol. The van der Waals surface area contributed by atoms with Crippen LogP contribution in [0.25, 0.3) is 0 Å². The Hall–Kier alpha value is -0.550. The maximum Gasteiger partial charge on any atom is 0.0687 e.